The third-order valence-electron chi connectivity index (χ3n) is 5.53. The third-order valence-corrected chi connectivity index (χ3v) is 7.39. The van der Waals surface area contributed by atoms with Gasteiger partial charge < -0.3 is 10.2 Å². The summed E-state index contributed by atoms with van der Waals surface area (Å²) in [6.07, 6.45) is 6.56. The Labute approximate surface area is 172 Å². The summed E-state index contributed by atoms with van der Waals surface area (Å²) < 4.78 is 27.9. The Morgan fingerprint density at radius 3 is 2.52 bits per heavy atom. The van der Waals surface area contributed by atoms with Crippen molar-refractivity contribution in [3.05, 3.63) is 42.5 Å². The van der Waals surface area contributed by atoms with Crippen LogP contribution in [0, 0.1) is 0 Å². The van der Waals surface area contributed by atoms with Gasteiger partial charge in [0.1, 0.15) is 0 Å². The highest BCUT2D eigenvalue weighted by atomic mass is 32.2. The Morgan fingerprint density at radius 1 is 1.07 bits per heavy atom. The SMILES string of the molecule is C=CC(=O)NC1CCCCN(S(=O)(=O)c2cccc(C(=O)N3CCCCC3)c2)C1. The highest BCUT2D eigenvalue weighted by molar-refractivity contribution is 7.89. The largest absolute Gasteiger partial charge is 0.349 e. The molecule has 29 heavy (non-hydrogen) atoms. The number of piperidine rings is 1. The van der Waals surface area contributed by atoms with Crippen molar-refractivity contribution in [3.8, 4) is 0 Å². The third kappa shape index (κ3) is 5.25. The maximum absolute atomic E-state index is 13.3. The Kier molecular flexibility index (Phi) is 7.08. The van der Waals surface area contributed by atoms with Gasteiger partial charge in [-0.25, -0.2) is 8.42 Å². The average Bonchev–Trinajstić information content (AvgIpc) is 3.00. The molecule has 2 amide bonds. The van der Waals surface area contributed by atoms with Crippen LogP contribution in [0.15, 0.2) is 41.8 Å². The fourth-order valence-electron chi connectivity index (χ4n) is 3.92. The number of hydrogen-bond acceptors (Lipinski definition) is 4. The first kappa shape index (κ1) is 21.5. The standard InChI is InChI=1S/C21H29N3O4S/c1-2-20(25)22-18-10-4-7-14-24(16-18)29(27,28)19-11-8-9-17(15-19)21(26)23-12-5-3-6-13-23/h2,8-9,11,15,18H,1,3-7,10,12-14,16H2,(H,22,25). The number of carbonyl (C=O) groups excluding carboxylic acids is 2. The van der Waals surface area contributed by atoms with Crippen LogP contribution in [0.2, 0.25) is 0 Å². The second-order valence-electron chi connectivity index (χ2n) is 7.65. The molecule has 8 heteroatoms. The number of benzene rings is 1. The molecule has 0 aliphatic carbocycles. The highest BCUT2D eigenvalue weighted by Crippen LogP contribution is 2.22. The molecule has 7 nitrogen and oxygen atoms in total. The molecular formula is C21H29N3O4S. The minimum Gasteiger partial charge on any atom is -0.349 e. The molecule has 3 rings (SSSR count). The summed E-state index contributed by atoms with van der Waals surface area (Å²) >= 11 is 0. The van der Waals surface area contributed by atoms with E-state index >= 15 is 0 Å². The van der Waals surface area contributed by atoms with Crippen LogP contribution >= 0.6 is 0 Å². The van der Waals surface area contributed by atoms with Crippen LogP contribution in [0.25, 0.3) is 0 Å². The maximum Gasteiger partial charge on any atom is 0.253 e. The van der Waals surface area contributed by atoms with Crippen LogP contribution in [-0.4, -0.2) is 61.7 Å². The number of rotatable bonds is 5. The number of carbonyl (C=O) groups is 2. The van der Waals surface area contributed by atoms with Crippen LogP contribution in [0.1, 0.15) is 48.9 Å². The van der Waals surface area contributed by atoms with E-state index in [0.717, 1.165) is 38.5 Å². The van der Waals surface area contributed by atoms with E-state index in [9.17, 15) is 18.0 Å². The molecule has 1 unspecified atom stereocenters. The van der Waals surface area contributed by atoms with Crippen LogP contribution in [0.3, 0.4) is 0 Å². The minimum absolute atomic E-state index is 0.117. The van der Waals surface area contributed by atoms with Crippen molar-refractivity contribution in [3.63, 3.8) is 0 Å². The zero-order chi connectivity index (χ0) is 20.9. The fraction of sp³-hybridized carbons (Fsp3) is 0.524. The normalized spacial score (nSPS) is 21.2. The van der Waals surface area contributed by atoms with E-state index in [4.69, 9.17) is 0 Å². The molecule has 0 saturated carbocycles. The van der Waals surface area contributed by atoms with E-state index in [-0.39, 0.29) is 29.3 Å². The van der Waals surface area contributed by atoms with Crippen LogP contribution in [-0.2, 0) is 14.8 Å². The van der Waals surface area contributed by atoms with Gasteiger partial charge in [0.2, 0.25) is 15.9 Å². The van der Waals surface area contributed by atoms with Gasteiger partial charge in [0.05, 0.1) is 4.90 Å². The molecule has 2 aliphatic rings. The summed E-state index contributed by atoms with van der Waals surface area (Å²) in [7, 11) is -3.76. The van der Waals surface area contributed by atoms with Crippen molar-refractivity contribution in [2.75, 3.05) is 26.2 Å². The summed E-state index contributed by atoms with van der Waals surface area (Å²) in [6.45, 7) is 5.49. The lowest BCUT2D eigenvalue weighted by molar-refractivity contribution is -0.117. The van der Waals surface area contributed by atoms with Crippen LogP contribution < -0.4 is 5.32 Å². The minimum atomic E-state index is -3.76. The van der Waals surface area contributed by atoms with Gasteiger partial charge in [-0.15, -0.1) is 0 Å². The second kappa shape index (κ2) is 9.54. The molecule has 2 heterocycles. The smallest absolute Gasteiger partial charge is 0.253 e. The first-order valence-corrected chi connectivity index (χ1v) is 11.7. The zero-order valence-electron chi connectivity index (χ0n) is 16.7. The van der Waals surface area contributed by atoms with Crippen molar-refractivity contribution in [1.82, 2.24) is 14.5 Å². The first-order chi connectivity index (χ1) is 13.9. The molecule has 2 saturated heterocycles. The number of hydrogen-bond donors (Lipinski definition) is 1. The number of sulfonamides is 1. The number of nitrogens with one attached hydrogen (secondary N) is 1. The van der Waals surface area contributed by atoms with E-state index in [1.807, 2.05) is 0 Å². The molecule has 1 aromatic carbocycles. The highest BCUT2D eigenvalue weighted by Gasteiger charge is 2.30. The quantitative estimate of drug-likeness (QED) is 0.741. The molecule has 1 atom stereocenters. The van der Waals surface area contributed by atoms with Crippen molar-refractivity contribution < 1.29 is 18.0 Å². The molecule has 0 spiro atoms. The molecule has 0 radical (unpaired) electrons. The average molecular weight is 420 g/mol. The monoisotopic (exact) mass is 419 g/mol. The molecule has 1 aromatic rings. The zero-order valence-corrected chi connectivity index (χ0v) is 17.5. The molecule has 0 bridgehead atoms. The predicted molar refractivity (Wildman–Crippen MR) is 111 cm³/mol. The lowest BCUT2D eigenvalue weighted by Crippen LogP contribution is -2.44. The van der Waals surface area contributed by atoms with Crippen molar-refractivity contribution in [1.29, 1.82) is 0 Å². The maximum atomic E-state index is 13.3. The van der Waals surface area contributed by atoms with Gasteiger partial charge in [0.15, 0.2) is 0 Å². The lowest BCUT2D eigenvalue weighted by atomic mass is 10.1. The summed E-state index contributed by atoms with van der Waals surface area (Å²) in [5.41, 5.74) is 0.402. The molecule has 0 aromatic heterocycles. The van der Waals surface area contributed by atoms with Gasteiger partial charge in [0.25, 0.3) is 5.91 Å². The predicted octanol–water partition coefficient (Wildman–Crippen LogP) is 2.16. The van der Waals surface area contributed by atoms with Crippen LogP contribution in [0.4, 0.5) is 0 Å². The van der Waals surface area contributed by atoms with Gasteiger partial charge >= 0.3 is 0 Å². The molecule has 1 N–H and O–H groups in total. The Bertz CT molecular complexity index is 862. The number of amides is 2. The second-order valence-corrected chi connectivity index (χ2v) is 9.59. The summed E-state index contributed by atoms with van der Waals surface area (Å²) in [5, 5.41) is 2.81. The van der Waals surface area contributed by atoms with Crippen molar-refractivity contribution in [2.24, 2.45) is 0 Å². The van der Waals surface area contributed by atoms with E-state index in [1.165, 1.54) is 22.5 Å². The summed E-state index contributed by atoms with van der Waals surface area (Å²) in [4.78, 5) is 26.3. The number of nitrogens with zero attached hydrogens (tertiary/aromatic N) is 2. The van der Waals surface area contributed by atoms with Crippen molar-refractivity contribution >= 4 is 21.8 Å². The van der Waals surface area contributed by atoms with Gasteiger partial charge in [0, 0.05) is 37.8 Å². The Morgan fingerprint density at radius 2 is 1.79 bits per heavy atom. The van der Waals surface area contributed by atoms with Crippen molar-refractivity contribution in [2.45, 2.75) is 49.5 Å². The molecule has 2 aliphatic heterocycles. The molecular weight excluding hydrogens is 390 g/mol. The van der Waals surface area contributed by atoms with Gasteiger partial charge in [-0.05, 0) is 56.4 Å². The van der Waals surface area contributed by atoms with E-state index in [2.05, 4.69) is 11.9 Å². The fourth-order valence-corrected chi connectivity index (χ4v) is 5.49. The van der Waals surface area contributed by atoms with Gasteiger partial charge in [-0.3, -0.25) is 9.59 Å². The van der Waals surface area contributed by atoms with Crippen LogP contribution in [0.5, 0.6) is 0 Å². The Balaban J connectivity index is 1.79. The summed E-state index contributed by atoms with van der Waals surface area (Å²) in [5.74, 6) is -0.419. The molecule has 2 fully saturated rings. The van der Waals surface area contributed by atoms with Gasteiger partial charge in [-0.2, -0.15) is 4.31 Å². The van der Waals surface area contributed by atoms with Gasteiger partial charge in [-0.1, -0.05) is 19.1 Å². The number of likely N-dealkylation sites (tertiary alicyclic amines) is 1. The van der Waals surface area contributed by atoms with E-state index in [0.29, 0.717) is 25.2 Å². The lowest BCUT2D eigenvalue weighted by Gasteiger charge is -2.27. The Hall–Kier alpha value is -2.19. The van der Waals surface area contributed by atoms with E-state index < -0.39 is 10.0 Å². The van der Waals surface area contributed by atoms with E-state index in [1.54, 1.807) is 17.0 Å². The summed E-state index contributed by atoms with van der Waals surface area (Å²) in [6, 6.07) is 6.06. The molecule has 158 valence electrons. The topological polar surface area (TPSA) is 86.8 Å². The first-order valence-electron chi connectivity index (χ1n) is 10.2.